The summed E-state index contributed by atoms with van der Waals surface area (Å²) in [5.74, 6) is -0.115. The fourth-order valence-corrected chi connectivity index (χ4v) is 3.38. The molecule has 0 bridgehead atoms. The van der Waals surface area contributed by atoms with E-state index in [1.54, 1.807) is 0 Å². The van der Waals surface area contributed by atoms with Gasteiger partial charge in [0, 0.05) is 22.0 Å². The highest BCUT2D eigenvalue weighted by Gasteiger charge is 2.32. The molecule has 2 N–H and O–H groups in total. The summed E-state index contributed by atoms with van der Waals surface area (Å²) < 4.78 is 0.928. The van der Waals surface area contributed by atoms with Crippen molar-refractivity contribution < 1.29 is 4.79 Å². The lowest BCUT2D eigenvalue weighted by molar-refractivity contribution is -0.110. The van der Waals surface area contributed by atoms with Gasteiger partial charge < -0.3 is 5.32 Å². The SMILES string of the molecule is N=C1/C(=C2/C(=O)Nc3cc(Br)ccc32)Cc2ccccc21. The molecule has 2 aromatic rings. The lowest BCUT2D eigenvalue weighted by Gasteiger charge is -2.04. The summed E-state index contributed by atoms with van der Waals surface area (Å²) in [4.78, 5) is 12.3. The van der Waals surface area contributed by atoms with E-state index in [4.69, 9.17) is 5.41 Å². The number of carbonyl (C=O) groups is 1. The van der Waals surface area contributed by atoms with Crippen molar-refractivity contribution in [3.63, 3.8) is 0 Å². The standard InChI is InChI=1S/C17H11BrN2O/c18-10-5-6-12-14(8-10)20-17(21)15(12)13-7-9-3-1-2-4-11(9)16(13)19/h1-6,8,19H,7H2,(H,20,21)/b15-13+,19-16?. The highest BCUT2D eigenvalue weighted by molar-refractivity contribution is 9.10. The molecule has 2 aliphatic rings. The Hall–Kier alpha value is -2.20. The van der Waals surface area contributed by atoms with Crippen LogP contribution in [0.3, 0.4) is 0 Å². The molecule has 4 rings (SSSR count). The summed E-state index contributed by atoms with van der Waals surface area (Å²) in [5.41, 5.74) is 5.65. The average Bonchev–Trinajstić information content (AvgIpc) is 2.95. The van der Waals surface area contributed by atoms with Crippen molar-refractivity contribution in [3.05, 3.63) is 69.2 Å². The fraction of sp³-hybridized carbons (Fsp3) is 0.0588. The number of fused-ring (bicyclic) bond motifs is 2. The maximum Gasteiger partial charge on any atom is 0.256 e. The van der Waals surface area contributed by atoms with Crippen LogP contribution in [0.15, 0.2) is 52.5 Å². The molecule has 1 amide bonds. The molecule has 2 aromatic carbocycles. The summed E-state index contributed by atoms with van der Waals surface area (Å²) in [6.45, 7) is 0. The first-order valence-corrected chi connectivity index (χ1v) is 7.46. The van der Waals surface area contributed by atoms with Crippen molar-refractivity contribution >= 4 is 38.8 Å². The summed E-state index contributed by atoms with van der Waals surface area (Å²) in [6, 6.07) is 13.6. The van der Waals surface area contributed by atoms with Gasteiger partial charge in [0.1, 0.15) is 0 Å². The molecular formula is C17H11BrN2O. The monoisotopic (exact) mass is 338 g/mol. The van der Waals surface area contributed by atoms with Gasteiger partial charge in [-0.2, -0.15) is 0 Å². The molecule has 21 heavy (non-hydrogen) atoms. The Morgan fingerprint density at radius 1 is 1.10 bits per heavy atom. The Morgan fingerprint density at radius 2 is 1.90 bits per heavy atom. The number of anilines is 1. The van der Waals surface area contributed by atoms with Crippen LogP contribution >= 0.6 is 15.9 Å². The first-order chi connectivity index (χ1) is 10.1. The zero-order chi connectivity index (χ0) is 14.6. The quantitative estimate of drug-likeness (QED) is 0.705. The minimum absolute atomic E-state index is 0.115. The van der Waals surface area contributed by atoms with E-state index in [1.807, 2.05) is 42.5 Å². The zero-order valence-corrected chi connectivity index (χ0v) is 12.6. The van der Waals surface area contributed by atoms with Gasteiger partial charge in [-0.1, -0.05) is 46.3 Å². The van der Waals surface area contributed by atoms with Gasteiger partial charge >= 0.3 is 0 Å². The van der Waals surface area contributed by atoms with E-state index in [2.05, 4.69) is 21.2 Å². The van der Waals surface area contributed by atoms with Gasteiger partial charge in [-0.3, -0.25) is 10.2 Å². The predicted molar refractivity (Wildman–Crippen MR) is 86.7 cm³/mol. The zero-order valence-electron chi connectivity index (χ0n) is 11.0. The van der Waals surface area contributed by atoms with Gasteiger partial charge in [-0.05, 0) is 23.3 Å². The molecular weight excluding hydrogens is 328 g/mol. The largest absolute Gasteiger partial charge is 0.321 e. The van der Waals surface area contributed by atoms with Crippen molar-refractivity contribution in [2.24, 2.45) is 0 Å². The van der Waals surface area contributed by atoms with E-state index in [1.165, 1.54) is 0 Å². The van der Waals surface area contributed by atoms with Gasteiger partial charge in [-0.15, -0.1) is 0 Å². The highest BCUT2D eigenvalue weighted by Crippen LogP contribution is 2.39. The van der Waals surface area contributed by atoms with Crippen LogP contribution in [0, 0.1) is 5.41 Å². The van der Waals surface area contributed by atoms with Gasteiger partial charge in [0.15, 0.2) is 0 Å². The molecule has 3 nitrogen and oxygen atoms in total. The third-order valence-electron chi connectivity index (χ3n) is 3.98. The second kappa shape index (κ2) is 4.40. The molecule has 1 heterocycles. The number of rotatable bonds is 0. The maximum absolute atomic E-state index is 12.3. The van der Waals surface area contributed by atoms with Gasteiger partial charge in [-0.25, -0.2) is 0 Å². The molecule has 0 fully saturated rings. The normalized spacial score (nSPS) is 19.5. The molecule has 0 atom stereocenters. The maximum atomic E-state index is 12.3. The van der Waals surface area contributed by atoms with Gasteiger partial charge in [0.25, 0.3) is 5.91 Å². The number of hydrogen-bond donors (Lipinski definition) is 2. The molecule has 0 aromatic heterocycles. The molecule has 4 heteroatoms. The third kappa shape index (κ3) is 1.79. The average molecular weight is 339 g/mol. The second-order valence-electron chi connectivity index (χ2n) is 5.21. The predicted octanol–water partition coefficient (Wildman–Crippen LogP) is 3.78. The Labute approximate surface area is 130 Å². The number of carbonyl (C=O) groups excluding carboxylic acids is 1. The Kier molecular flexibility index (Phi) is 2.62. The topological polar surface area (TPSA) is 53.0 Å². The summed E-state index contributed by atoms with van der Waals surface area (Å²) >= 11 is 3.41. The van der Waals surface area contributed by atoms with Crippen molar-refractivity contribution in [1.29, 1.82) is 5.41 Å². The third-order valence-corrected chi connectivity index (χ3v) is 4.48. The van der Waals surface area contributed by atoms with Crippen LogP contribution in [-0.2, 0) is 11.2 Å². The molecule has 0 saturated carbocycles. The first-order valence-electron chi connectivity index (χ1n) is 6.67. The number of nitrogens with one attached hydrogen (secondary N) is 2. The summed E-state index contributed by atoms with van der Waals surface area (Å²) in [7, 11) is 0. The molecule has 0 spiro atoms. The smallest absolute Gasteiger partial charge is 0.256 e. The number of amides is 1. The van der Waals surface area contributed by atoms with Crippen molar-refractivity contribution in [1.82, 2.24) is 0 Å². The van der Waals surface area contributed by atoms with E-state index in [-0.39, 0.29) is 5.91 Å². The van der Waals surface area contributed by atoms with E-state index in [9.17, 15) is 4.79 Å². The molecule has 102 valence electrons. The van der Waals surface area contributed by atoms with Crippen LogP contribution in [0.2, 0.25) is 0 Å². The minimum atomic E-state index is -0.115. The second-order valence-corrected chi connectivity index (χ2v) is 6.12. The molecule has 1 aliphatic heterocycles. The van der Waals surface area contributed by atoms with Crippen LogP contribution in [-0.4, -0.2) is 11.6 Å². The van der Waals surface area contributed by atoms with Crippen LogP contribution in [0.5, 0.6) is 0 Å². The van der Waals surface area contributed by atoms with E-state index < -0.39 is 0 Å². The van der Waals surface area contributed by atoms with Crippen LogP contribution in [0.25, 0.3) is 5.57 Å². The minimum Gasteiger partial charge on any atom is -0.321 e. The van der Waals surface area contributed by atoms with Crippen LogP contribution in [0.4, 0.5) is 5.69 Å². The fourth-order valence-electron chi connectivity index (χ4n) is 3.02. The molecule has 1 aliphatic carbocycles. The van der Waals surface area contributed by atoms with E-state index >= 15 is 0 Å². The Balaban J connectivity index is 1.92. The lowest BCUT2D eigenvalue weighted by Crippen LogP contribution is -2.09. The number of halogens is 1. The number of hydrogen-bond acceptors (Lipinski definition) is 2. The van der Waals surface area contributed by atoms with Crippen LogP contribution in [0.1, 0.15) is 16.7 Å². The summed E-state index contributed by atoms with van der Waals surface area (Å²) in [5, 5.41) is 11.3. The highest BCUT2D eigenvalue weighted by atomic mass is 79.9. The molecule has 0 saturated heterocycles. The van der Waals surface area contributed by atoms with E-state index in [0.717, 1.165) is 32.4 Å². The summed E-state index contributed by atoms with van der Waals surface area (Å²) in [6.07, 6.45) is 0.646. The molecule has 0 unspecified atom stereocenters. The van der Waals surface area contributed by atoms with Crippen molar-refractivity contribution in [2.75, 3.05) is 5.32 Å². The van der Waals surface area contributed by atoms with Crippen molar-refractivity contribution in [2.45, 2.75) is 6.42 Å². The Bertz CT molecular complexity index is 852. The van der Waals surface area contributed by atoms with E-state index in [0.29, 0.717) is 17.7 Å². The number of allylic oxidation sites excluding steroid dienone is 1. The first kappa shape index (κ1) is 12.5. The van der Waals surface area contributed by atoms with Gasteiger partial charge in [0.2, 0.25) is 0 Å². The number of benzene rings is 2. The Morgan fingerprint density at radius 3 is 2.71 bits per heavy atom. The van der Waals surface area contributed by atoms with Gasteiger partial charge in [0.05, 0.1) is 17.0 Å². The molecule has 0 radical (unpaired) electrons. The lowest BCUT2D eigenvalue weighted by atomic mass is 9.98. The van der Waals surface area contributed by atoms with Crippen LogP contribution < -0.4 is 5.32 Å². The van der Waals surface area contributed by atoms with Crippen molar-refractivity contribution in [3.8, 4) is 0 Å².